The van der Waals surface area contributed by atoms with Crippen molar-refractivity contribution in [2.75, 3.05) is 44.2 Å². The summed E-state index contributed by atoms with van der Waals surface area (Å²) in [5.41, 5.74) is -0.603. The van der Waals surface area contributed by atoms with Crippen molar-refractivity contribution < 1.29 is 27.4 Å². The molecule has 5 fully saturated rings. The molecule has 3 saturated heterocycles. The van der Waals surface area contributed by atoms with E-state index in [0.29, 0.717) is 73.1 Å². The van der Waals surface area contributed by atoms with Crippen LogP contribution in [0.2, 0.25) is 0 Å². The quantitative estimate of drug-likeness (QED) is 0.198. The normalized spacial score (nSPS) is 26.2. The molecule has 3 aliphatic heterocycles. The number of nitrogens with one attached hydrogen (secondary N) is 1. The molecule has 8 nitrogen and oxygen atoms in total. The maximum atomic E-state index is 17.2. The number of hydrogen-bond acceptors (Lipinski definition) is 8. The van der Waals surface area contributed by atoms with Crippen LogP contribution in [0.4, 0.5) is 23.4 Å². The molecule has 2 saturated carbocycles. The number of phenolic OH excluding ortho intramolecular Hbond substituents is 1. The lowest BCUT2D eigenvalue weighted by Crippen LogP contribution is -2.51. The smallest absolute Gasteiger partial charge is 0.319 e. The Bertz CT molecular complexity index is 2100. The molecular formula is C38H38F4N6O2. The fourth-order valence-electron chi connectivity index (χ4n) is 8.99. The molecule has 1 aromatic heterocycles. The minimum absolute atomic E-state index is 0.00638. The van der Waals surface area contributed by atoms with Gasteiger partial charge in [-0.15, -0.1) is 0 Å². The second-order valence-electron chi connectivity index (χ2n) is 15.4. The predicted octanol–water partition coefficient (Wildman–Crippen LogP) is 6.70. The highest BCUT2D eigenvalue weighted by molar-refractivity contribution is 6.04. The van der Waals surface area contributed by atoms with Crippen molar-refractivity contribution in [3.05, 3.63) is 53.1 Å². The highest BCUT2D eigenvalue weighted by Crippen LogP contribution is 2.65. The van der Waals surface area contributed by atoms with Gasteiger partial charge in [-0.3, -0.25) is 0 Å². The van der Waals surface area contributed by atoms with Crippen molar-refractivity contribution in [3.63, 3.8) is 0 Å². The predicted molar refractivity (Wildman–Crippen MR) is 181 cm³/mol. The van der Waals surface area contributed by atoms with Gasteiger partial charge in [-0.2, -0.15) is 15.2 Å². The lowest BCUT2D eigenvalue weighted by molar-refractivity contribution is 0.0644. The van der Waals surface area contributed by atoms with Crippen molar-refractivity contribution >= 4 is 27.5 Å². The SMILES string of the molecule is CCc1c(F)ccc2cc(O)cc(-c3c(C#N)cc4c(N5CC6CCC(C5)N6)nc(OCC5(CN6CCC7(C6)CC7(F)F)CC5)nc4c3F)c12. The van der Waals surface area contributed by atoms with Crippen molar-refractivity contribution in [2.45, 2.75) is 69.9 Å². The van der Waals surface area contributed by atoms with Gasteiger partial charge in [-0.05, 0) is 91.2 Å². The van der Waals surface area contributed by atoms with Gasteiger partial charge in [0.1, 0.15) is 22.9 Å². The standard InChI is InChI=1S/C38H38F4N6O2/c1-2-26-29(39)6-3-21-11-25(49)13-27(30(21)26)31-22(14-43)12-28-33(32(31)40)45-35(46-34(28)48-15-23-4-5-24(16-48)44-23)50-20-36(7-8-36)18-47-10-9-37(19-47)17-38(37,41)42/h3,6,11-13,23-24,44,49H,2,4-5,7-10,15-20H2,1H3. The Morgan fingerprint density at radius 3 is 2.50 bits per heavy atom. The summed E-state index contributed by atoms with van der Waals surface area (Å²) in [4.78, 5) is 13.7. The summed E-state index contributed by atoms with van der Waals surface area (Å²) in [7, 11) is 0. The van der Waals surface area contributed by atoms with E-state index in [1.807, 2.05) is 0 Å². The van der Waals surface area contributed by atoms with Crippen LogP contribution in [0.3, 0.4) is 0 Å². The van der Waals surface area contributed by atoms with E-state index in [0.717, 1.165) is 25.7 Å². The summed E-state index contributed by atoms with van der Waals surface area (Å²) < 4.78 is 66.8. The molecule has 12 heteroatoms. The van der Waals surface area contributed by atoms with Crippen molar-refractivity contribution in [3.8, 4) is 29.0 Å². The molecule has 2 bridgehead atoms. The number of nitriles is 1. The molecular weight excluding hydrogens is 648 g/mol. The number of benzene rings is 3. The number of piperazine rings is 1. The van der Waals surface area contributed by atoms with Crippen LogP contribution in [0, 0.1) is 33.8 Å². The zero-order valence-electron chi connectivity index (χ0n) is 27.8. The Labute approximate surface area is 287 Å². The van der Waals surface area contributed by atoms with E-state index in [-0.39, 0.29) is 64.5 Å². The number of phenols is 1. The fourth-order valence-corrected chi connectivity index (χ4v) is 8.99. The van der Waals surface area contributed by atoms with E-state index in [2.05, 4.69) is 26.2 Å². The Balaban J connectivity index is 1.13. The van der Waals surface area contributed by atoms with Crippen molar-refractivity contribution in [1.29, 1.82) is 5.26 Å². The number of likely N-dealkylation sites (tertiary alicyclic amines) is 1. The summed E-state index contributed by atoms with van der Waals surface area (Å²) in [5, 5.41) is 26.0. The minimum Gasteiger partial charge on any atom is -0.508 e. The van der Waals surface area contributed by atoms with E-state index in [9.17, 15) is 19.1 Å². The van der Waals surface area contributed by atoms with Crippen molar-refractivity contribution in [2.24, 2.45) is 10.8 Å². The van der Waals surface area contributed by atoms with Crippen LogP contribution < -0.4 is 15.0 Å². The highest BCUT2D eigenvalue weighted by atomic mass is 19.3. The van der Waals surface area contributed by atoms with Gasteiger partial charge in [-0.25, -0.2) is 17.6 Å². The second-order valence-corrected chi connectivity index (χ2v) is 15.4. The highest BCUT2D eigenvalue weighted by Gasteiger charge is 2.72. The van der Waals surface area contributed by atoms with Crippen LogP contribution in [-0.4, -0.2) is 77.3 Å². The van der Waals surface area contributed by atoms with Gasteiger partial charge in [-0.1, -0.05) is 13.0 Å². The first-order valence-electron chi connectivity index (χ1n) is 17.6. The number of ether oxygens (including phenoxy) is 1. The number of rotatable bonds is 8. The van der Waals surface area contributed by atoms with Crippen LogP contribution in [0.1, 0.15) is 56.6 Å². The van der Waals surface area contributed by atoms with Gasteiger partial charge >= 0.3 is 6.01 Å². The molecule has 4 heterocycles. The second kappa shape index (κ2) is 11.1. The average Bonchev–Trinajstić information content (AvgIpc) is 3.85. The molecule has 50 heavy (non-hydrogen) atoms. The molecule has 0 amide bonds. The molecule has 0 radical (unpaired) electrons. The molecule has 3 atom stereocenters. The summed E-state index contributed by atoms with van der Waals surface area (Å²) in [6, 6.07) is 9.99. The average molecular weight is 687 g/mol. The van der Waals surface area contributed by atoms with E-state index < -0.39 is 23.0 Å². The van der Waals surface area contributed by atoms with Crippen LogP contribution in [0.5, 0.6) is 11.8 Å². The Hall–Kier alpha value is -4.21. The van der Waals surface area contributed by atoms with Crippen molar-refractivity contribution in [1.82, 2.24) is 20.2 Å². The monoisotopic (exact) mass is 686 g/mol. The Kier molecular flexibility index (Phi) is 7.08. The minimum atomic E-state index is -2.57. The first-order chi connectivity index (χ1) is 24.0. The molecule has 9 rings (SSSR count). The zero-order chi connectivity index (χ0) is 34.6. The summed E-state index contributed by atoms with van der Waals surface area (Å²) in [6.45, 7) is 5.05. The number of aromatic hydroxyl groups is 1. The van der Waals surface area contributed by atoms with Crippen LogP contribution in [0.15, 0.2) is 30.3 Å². The molecule has 4 aromatic rings. The number of anilines is 1. The van der Waals surface area contributed by atoms with Gasteiger partial charge in [0.05, 0.1) is 23.7 Å². The number of hydrogen-bond donors (Lipinski definition) is 2. The maximum absolute atomic E-state index is 17.2. The van der Waals surface area contributed by atoms with Gasteiger partial charge < -0.3 is 25.0 Å². The molecule has 1 spiro atoms. The molecule has 260 valence electrons. The van der Waals surface area contributed by atoms with E-state index in [1.54, 1.807) is 13.0 Å². The van der Waals surface area contributed by atoms with Crippen LogP contribution >= 0.6 is 0 Å². The zero-order valence-corrected chi connectivity index (χ0v) is 27.8. The number of halogens is 4. The molecule has 2 N–H and O–H groups in total. The summed E-state index contributed by atoms with van der Waals surface area (Å²) >= 11 is 0. The molecule has 3 aromatic carbocycles. The number of aromatic nitrogens is 2. The van der Waals surface area contributed by atoms with Gasteiger partial charge in [0.2, 0.25) is 0 Å². The number of alkyl halides is 2. The first kappa shape index (κ1) is 31.7. The summed E-state index contributed by atoms with van der Waals surface area (Å²) in [6.07, 6.45) is 4.60. The maximum Gasteiger partial charge on any atom is 0.319 e. The lowest BCUT2D eigenvalue weighted by atomic mass is 9.89. The Morgan fingerprint density at radius 2 is 1.84 bits per heavy atom. The van der Waals surface area contributed by atoms with Gasteiger partial charge in [0.25, 0.3) is 5.92 Å². The van der Waals surface area contributed by atoms with Gasteiger partial charge in [0, 0.05) is 61.0 Å². The topological polar surface area (TPSA) is 97.5 Å². The number of nitrogens with zero attached hydrogens (tertiary/aromatic N) is 5. The first-order valence-corrected chi connectivity index (χ1v) is 17.6. The third-order valence-corrected chi connectivity index (χ3v) is 12.0. The number of aryl methyl sites for hydroxylation is 1. The van der Waals surface area contributed by atoms with E-state index in [1.165, 1.54) is 24.3 Å². The van der Waals surface area contributed by atoms with E-state index >= 15 is 8.78 Å². The third-order valence-electron chi connectivity index (χ3n) is 12.0. The van der Waals surface area contributed by atoms with E-state index in [4.69, 9.17) is 9.72 Å². The lowest BCUT2D eigenvalue weighted by Gasteiger charge is -2.34. The number of fused-ring (bicyclic) bond motifs is 4. The van der Waals surface area contributed by atoms with Crippen LogP contribution in [0.25, 0.3) is 32.8 Å². The summed E-state index contributed by atoms with van der Waals surface area (Å²) in [5.74, 6) is -3.47. The third kappa shape index (κ3) is 5.07. The molecule has 5 aliphatic rings. The van der Waals surface area contributed by atoms with Gasteiger partial charge in [0.15, 0.2) is 5.82 Å². The molecule has 3 unspecified atom stereocenters. The molecule has 2 aliphatic carbocycles. The Morgan fingerprint density at radius 1 is 1.08 bits per heavy atom. The fraction of sp³-hybridized carbons (Fsp3) is 0.500. The van der Waals surface area contributed by atoms with Crippen LogP contribution in [-0.2, 0) is 6.42 Å². The largest absolute Gasteiger partial charge is 0.508 e.